The molecule has 128 valence electrons. The monoisotopic (exact) mass is 323 g/mol. The Hall–Kier alpha value is -1.91. The maximum atomic E-state index is 13.1. The normalized spacial score (nSPS) is 13.3. The first-order chi connectivity index (χ1) is 10.4. The summed E-state index contributed by atoms with van der Waals surface area (Å²) >= 11 is 0. The van der Waals surface area contributed by atoms with Gasteiger partial charge in [-0.3, -0.25) is 4.79 Å². The highest BCUT2D eigenvalue weighted by Gasteiger charge is 2.38. The first-order valence-corrected chi connectivity index (χ1v) is 7.63. The molecular weight excluding hydrogens is 297 g/mol. The predicted molar refractivity (Wildman–Crippen MR) is 87.4 cm³/mol. The van der Waals surface area contributed by atoms with E-state index in [-0.39, 0.29) is 18.2 Å². The molecule has 5 heteroatoms. The fourth-order valence-electron chi connectivity index (χ4n) is 2.04. The molecular formula is C18H26FNO3. The Balaban J connectivity index is 2.73. The minimum absolute atomic E-state index is 0.0514. The lowest BCUT2D eigenvalue weighted by atomic mass is 9.76. The molecule has 0 spiro atoms. The fourth-order valence-corrected chi connectivity index (χ4v) is 2.04. The number of carbonyl (C=O) groups excluding carboxylic acids is 2. The van der Waals surface area contributed by atoms with Gasteiger partial charge in [-0.2, -0.15) is 0 Å². The Morgan fingerprint density at radius 3 is 2.26 bits per heavy atom. The number of alkyl carbamates (subject to hydrolysis) is 1. The van der Waals surface area contributed by atoms with Crippen molar-refractivity contribution in [2.75, 3.05) is 0 Å². The van der Waals surface area contributed by atoms with Gasteiger partial charge in [-0.05, 0) is 23.1 Å². The molecule has 1 unspecified atom stereocenters. The van der Waals surface area contributed by atoms with E-state index in [1.807, 2.05) is 41.5 Å². The summed E-state index contributed by atoms with van der Waals surface area (Å²) in [6.07, 6.45) is -0.688. The zero-order chi connectivity index (χ0) is 17.8. The first-order valence-electron chi connectivity index (χ1n) is 7.63. The van der Waals surface area contributed by atoms with Crippen LogP contribution < -0.4 is 5.32 Å². The number of hydrogen-bond donors (Lipinski definition) is 1. The van der Waals surface area contributed by atoms with Gasteiger partial charge in [0.1, 0.15) is 12.4 Å². The van der Waals surface area contributed by atoms with Gasteiger partial charge in [0.05, 0.1) is 6.04 Å². The lowest BCUT2D eigenvalue weighted by Crippen LogP contribution is -2.52. The van der Waals surface area contributed by atoms with E-state index in [9.17, 15) is 14.0 Å². The molecule has 1 atom stereocenters. The second-order valence-corrected chi connectivity index (χ2v) is 7.76. The summed E-state index contributed by atoms with van der Waals surface area (Å²) in [6.45, 7) is 11.0. The summed E-state index contributed by atoms with van der Waals surface area (Å²) in [7, 11) is 0. The van der Waals surface area contributed by atoms with E-state index in [4.69, 9.17) is 4.74 Å². The quantitative estimate of drug-likeness (QED) is 0.908. The van der Waals surface area contributed by atoms with Crippen LogP contribution in [0, 0.1) is 16.6 Å². The van der Waals surface area contributed by atoms with Crippen LogP contribution in [0.5, 0.6) is 0 Å². The van der Waals surface area contributed by atoms with Crippen LogP contribution in [0.3, 0.4) is 0 Å². The lowest BCUT2D eigenvalue weighted by molar-refractivity contribution is -0.130. The molecule has 0 heterocycles. The number of Topliss-reactive ketones (excluding diaryl/α,β-unsaturated/α-hetero) is 1. The van der Waals surface area contributed by atoms with Crippen molar-refractivity contribution in [3.63, 3.8) is 0 Å². The van der Waals surface area contributed by atoms with Gasteiger partial charge in [-0.25, -0.2) is 9.18 Å². The predicted octanol–water partition coefficient (Wildman–Crippen LogP) is 4.08. The van der Waals surface area contributed by atoms with Crippen LogP contribution in [0.2, 0.25) is 0 Å². The molecule has 23 heavy (non-hydrogen) atoms. The molecule has 0 aliphatic rings. The average molecular weight is 323 g/mol. The summed E-state index contributed by atoms with van der Waals surface area (Å²) in [4.78, 5) is 24.6. The van der Waals surface area contributed by atoms with Crippen molar-refractivity contribution in [3.05, 3.63) is 35.6 Å². The molecule has 0 aliphatic carbocycles. The summed E-state index contributed by atoms with van der Waals surface area (Å²) in [6, 6.07) is 5.17. The third kappa shape index (κ3) is 6.00. The van der Waals surface area contributed by atoms with Crippen LogP contribution in [-0.2, 0) is 16.1 Å². The lowest BCUT2D eigenvalue weighted by Gasteiger charge is -2.34. The molecule has 0 radical (unpaired) electrons. The molecule has 0 saturated heterocycles. The Kier molecular flexibility index (Phi) is 5.92. The molecule has 0 fully saturated rings. The van der Waals surface area contributed by atoms with Crippen LogP contribution in [-0.4, -0.2) is 17.9 Å². The van der Waals surface area contributed by atoms with E-state index in [1.165, 1.54) is 12.1 Å². The number of nitrogens with one attached hydrogen (secondary N) is 1. The largest absolute Gasteiger partial charge is 0.445 e. The van der Waals surface area contributed by atoms with Gasteiger partial charge in [0.2, 0.25) is 0 Å². The Morgan fingerprint density at radius 1 is 1.17 bits per heavy atom. The summed E-state index contributed by atoms with van der Waals surface area (Å²) in [5, 5.41) is 2.64. The number of halogens is 1. The Bertz CT molecular complexity index is 570. The summed E-state index contributed by atoms with van der Waals surface area (Å²) in [5.74, 6) is -0.449. The fraction of sp³-hybridized carbons (Fsp3) is 0.556. The van der Waals surface area contributed by atoms with Crippen molar-refractivity contribution in [3.8, 4) is 0 Å². The minimum atomic E-state index is -0.688. The second-order valence-electron chi connectivity index (χ2n) is 7.76. The van der Waals surface area contributed by atoms with Crippen molar-refractivity contribution in [2.24, 2.45) is 10.8 Å². The SMILES string of the molecule is CC(C)(C)C(=O)C(NC(=O)OCc1cccc(F)c1)C(C)(C)C. The first kappa shape index (κ1) is 19.1. The van der Waals surface area contributed by atoms with Crippen LogP contribution >= 0.6 is 0 Å². The summed E-state index contributed by atoms with van der Waals surface area (Å²) < 4.78 is 18.2. The number of rotatable bonds is 4. The molecule has 1 amide bonds. The molecule has 1 aromatic rings. The standard InChI is InChI=1S/C18H26FNO3/c1-17(2,3)14(15(21)18(4,5)6)20-16(22)23-11-12-8-7-9-13(19)10-12/h7-10,14H,11H2,1-6H3,(H,20,22). The van der Waals surface area contributed by atoms with E-state index < -0.39 is 23.0 Å². The van der Waals surface area contributed by atoms with Gasteiger partial charge in [-0.15, -0.1) is 0 Å². The smallest absolute Gasteiger partial charge is 0.408 e. The minimum Gasteiger partial charge on any atom is -0.445 e. The number of carbonyl (C=O) groups is 2. The van der Waals surface area contributed by atoms with Gasteiger partial charge >= 0.3 is 6.09 Å². The highest BCUT2D eigenvalue weighted by molar-refractivity contribution is 5.91. The Morgan fingerprint density at radius 2 is 1.78 bits per heavy atom. The third-order valence-corrected chi connectivity index (χ3v) is 3.39. The van der Waals surface area contributed by atoms with Crippen molar-refractivity contribution >= 4 is 11.9 Å². The molecule has 1 aromatic carbocycles. The molecule has 0 saturated carbocycles. The third-order valence-electron chi connectivity index (χ3n) is 3.39. The number of benzene rings is 1. The van der Waals surface area contributed by atoms with Crippen LogP contribution in [0.15, 0.2) is 24.3 Å². The molecule has 4 nitrogen and oxygen atoms in total. The van der Waals surface area contributed by atoms with Crippen LogP contribution in [0.4, 0.5) is 9.18 Å². The molecule has 0 bridgehead atoms. The number of hydrogen-bond acceptors (Lipinski definition) is 3. The zero-order valence-electron chi connectivity index (χ0n) is 14.7. The zero-order valence-corrected chi connectivity index (χ0v) is 14.7. The van der Waals surface area contributed by atoms with Crippen molar-refractivity contribution in [1.29, 1.82) is 0 Å². The highest BCUT2D eigenvalue weighted by atomic mass is 19.1. The van der Waals surface area contributed by atoms with Gasteiger partial charge in [0.15, 0.2) is 5.78 Å². The van der Waals surface area contributed by atoms with Gasteiger partial charge in [0, 0.05) is 5.41 Å². The number of ketones is 1. The maximum Gasteiger partial charge on any atom is 0.408 e. The number of amides is 1. The van der Waals surface area contributed by atoms with Crippen LogP contribution in [0.1, 0.15) is 47.1 Å². The van der Waals surface area contributed by atoms with Gasteiger partial charge in [0.25, 0.3) is 0 Å². The molecule has 1 N–H and O–H groups in total. The van der Waals surface area contributed by atoms with E-state index >= 15 is 0 Å². The average Bonchev–Trinajstić information content (AvgIpc) is 2.39. The van der Waals surface area contributed by atoms with E-state index in [0.29, 0.717) is 5.56 Å². The van der Waals surface area contributed by atoms with Crippen molar-refractivity contribution < 1.29 is 18.7 Å². The summed E-state index contributed by atoms with van der Waals surface area (Å²) in [5.41, 5.74) is -0.467. The molecule has 1 rings (SSSR count). The highest BCUT2D eigenvalue weighted by Crippen LogP contribution is 2.27. The van der Waals surface area contributed by atoms with Gasteiger partial charge < -0.3 is 10.1 Å². The van der Waals surface area contributed by atoms with Gasteiger partial charge in [-0.1, -0.05) is 53.7 Å². The molecule has 0 aliphatic heterocycles. The van der Waals surface area contributed by atoms with Crippen LogP contribution in [0.25, 0.3) is 0 Å². The second kappa shape index (κ2) is 7.11. The van der Waals surface area contributed by atoms with E-state index in [2.05, 4.69) is 5.32 Å². The number of ether oxygens (including phenoxy) is 1. The van der Waals surface area contributed by atoms with Crippen molar-refractivity contribution in [1.82, 2.24) is 5.32 Å². The van der Waals surface area contributed by atoms with Crippen molar-refractivity contribution in [2.45, 2.75) is 54.2 Å². The topological polar surface area (TPSA) is 55.4 Å². The van der Waals surface area contributed by atoms with E-state index in [0.717, 1.165) is 0 Å². The molecule has 0 aromatic heterocycles. The Labute approximate surface area is 137 Å². The van der Waals surface area contributed by atoms with E-state index in [1.54, 1.807) is 12.1 Å². The maximum absolute atomic E-state index is 13.1.